The lowest BCUT2D eigenvalue weighted by atomic mass is 10.1. The molecule has 0 bridgehead atoms. The molecule has 6 N–H and O–H groups in total. The maximum atomic E-state index is 6.11. The molecule has 33 heavy (non-hydrogen) atoms. The minimum absolute atomic E-state index is 0.0978. The van der Waals surface area contributed by atoms with Gasteiger partial charge in [0.1, 0.15) is 11.6 Å². The van der Waals surface area contributed by atoms with Crippen molar-refractivity contribution in [2.45, 2.75) is 137 Å². The van der Waals surface area contributed by atoms with Crippen molar-refractivity contribution in [2.75, 3.05) is 0 Å². The van der Waals surface area contributed by atoms with E-state index in [1.54, 1.807) is 0 Å². The van der Waals surface area contributed by atoms with Gasteiger partial charge in [-0.05, 0) is 39.5 Å². The highest BCUT2D eigenvalue weighted by Crippen LogP contribution is 2.19. The predicted molar refractivity (Wildman–Crippen MR) is 141 cm³/mol. The maximum absolute atomic E-state index is 6.11. The van der Waals surface area contributed by atoms with Crippen LogP contribution in [0.25, 0.3) is 0 Å². The first-order chi connectivity index (χ1) is 15.9. The number of aromatic nitrogens is 4. The highest BCUT2D eigenvalue weighted by Gasteiger charge is 2.14. The van der Waals surface area contributed by atoms with E-state index in [2.05, 4.69) is 61.5 Å². The molecule has 2 rings (SSSR count). The molecule has 6 heteroatoms. The van der Waals surface area contributed by atoms with E-state index in [-0.39, 0.29) is 12.1 Å². The third-order valence-electron chi connectivity index (χ3n) is 6.13. The van der Waals surface area contributed by atoms with Gasteiger partial charge < -0.3 is 21.4 Å². The van der Waals surface area contributed by atoms with Crippen LogP contribution in [0.1, 0.15) is 145 Å². The zero-order valence-electron chi connectivity index (χ0n) is 22.4. The van der Waals surface area contributed by atoms with Gasteiger partial charge in [-0.1, -0.05) is 72.6 Å². The molecule has 0 aliphatic rings. The summed E-state index contributed by atoms with van der Waals surface area (Å²) >= 11 is 0. The largest absolute Gasteiger partial charge is 0.346 e. The van der Waals surface area contributed by atoms with Crippen LogP contribution >= 0.6 is 0 Å². The van der Waals surface area contributed by atoms with Gasteiger partial charge in [-0.3, -0.25) is 0 Å². The van der Waals surface area contributed by atoms with Crippen LogP contribution in [-0.2, 0) is 12.8 Å². The van der Waals surface area contributed by atoms with Crippen LogP contribution in [0.4, 0.5) is 0 Å². The van der Waals surface area contributed by atoms with Crippen molar-refractivity contribution in [1.29, 1.82) is 0 Å². The minimum atomic E-state index is 0.0978. The van der Waals surface area contributed by atoms with Crippen LogP contribution in [-0.4, -0.2) is 19.9 Å². The van der Waals surface area contributed by atoms with Gasteiger partial charge in [0.2, 0.25) is 0 Å². The number of hydrogen-bond acceptors (Lipinski definition) is 4. The Morgan fingerprint density at radius 2 is 1.00 bits per heavy atom. The van der Waals surface area contributed by atoms with Gasteiger partial charge in [-0.2, -0.15) is 0 Å². The monoisotopic (exact) mass is 460 g/mol. The first-order valence-electron chi connectivity index (χ1n) is 13.5. The number of imidazole rings is 2. The standard InChI is InChI=1S/C14H27N3.C13H25N3/c1-4-6-7-8-10-13-16-11(3)14(17-13)12(15)9-5-2;1-4-6-7-9-12-15-10(3)13(16-12)11(14)8-5-2/h12H,4-10,15H2,1-3H3,(H,16,17);11H,4-9,14H2,1-3H3,(H,15,16). The van der Waals surface area contributed by atoms with E-state index in [4.69, 9.17) is 11.5 Å². The molecule has 0 fully saturated rings. The van der Waals surface area contributed by atoms with E-state index in [1.165, 1.54) is 44.9 Å². The Hall–Kier alpha value is -1.66. The molecule has 0 aliphatic heterocycles. The van der Waals surface area contributed by atoms with Crippen LogP contribution in [0.15, 0.2) is 0 Å². The molecule has 0 aliphatic carbocycles. The molecular formula is C27H52N6. The van der Waals surface area contributed by atoms with Crippen molar-refractivity contribution in [2.24, 2.45) is 11.5 Å². The van der Waals surface area contributed by atoms with Gasteiger partial charge in [0, 0.05) is 36.3 Å². The molecular weight excluding hydrogens is 408 g/mol. The average Bonchev–Trinajstić information content (AvgIpc) is 3.34. The lowest BCUT2D eigenvalue weighted by Crippen LogP contribution is -2.11. The van der Waals surface area contributed by atoms with Crippen molar-refractivity contribution in [3.8, 4) is 0 Å². The van der Waals surface area contributed by atoms with Gasteiger partial charge in [0.05, 0.1) is 11.4 Å². The quantitative estimate of drug-likeness (QED) is 0.217. The fraction of sp³-hybridized carbons (Fsp3) is 0.778. The van der Waals surface area contributed by atoms with Crippen LogP contribution in [0.5, 0.6) is 0 Å². The molecule has 190 valence electrons. The van der Waals surface area contributed by atoms with Crippen molar-refractivity contribution >= 4 is 0 Å². The molecule has 2 aromatic rings. The molecule has 2 heterocycles. The summed E-state index contributed by atoms with van der Waals surface area (Å²) in [4.78, 5) is 16.0. The second kappa shape index (κ2) is 16.9. The second-order valence-electron chi connectivity index (χ2n) is 9.45. The first-order valence-corrected chi connectivity index (χ1v) is 13.5. The minimum Gasteiger partial charge on any atom is -0.346 e. The SMILES string of the molecule is CCCCCCc1nc(C(N)CCC)c(C)[nH]1.CCCCCc1nc(C(N)CCC)c(C)[nH]1. The predicted octanol–water partition coefficient (Wildman–Crippen LogP) is 6.89. The van der Waals surface area contributed by atoms with E-state index in [0.717, 1.165) is 72.9 Å². The summed E-state index contributed by atoms with van der Waals surface area (Å²) in [5.41, 5.74) is 16.6. The van der Waals surface area contributed by atoms with Crippen molar-refractivity contribution in [1.82, 2.24) is 19.9 Å². The number of rotatable bonds is 15. The van der Waals surface area contributed by atoms with E-state index in [1.807, 2.05) is 0 Å². The van der Waals surface area contributed by atoms with E-state index < -0.39 is 0 Å². The number of nitrogens with one attached hydrogen (secondary N) is 2. The molecule has 0 spiro atoms. The maximum Gasteiger partial charge on any atom is 0.106 e. The summed E-state index contributed by atoms with van der Waals surface area (Å²) in [6.07, 6.45) is 15.2. The normalized spacial score (nSPS) is 13.0. The molecule has 0 radical (unpaired) electrons. The summed E-state index contributed by atoms with van der Waals surface area (Å²) in [5.74, 6) is 2.22. The van der Waals surface area contributed by atoms with Crippen LogP contribution in [0, 0.1) is 13.8 Å². The summed E-state index contributed by atoms with van der Waals surface area (Å²) in [6, 6.07) is 0.196. The van der Waals surface area contributed by atoms with Gasteiger partial charge in [0.15, 0.2) is 0 Å². The molecule has 0 saturated carbocycles. The molecule has 2 unspecified atom stereocenters. The first kappa shape index (κ1) is 29.4. The fourth-order valence-electron chi connectivity index (χ4n) is 4.19. The van der Waals surface area contributed by atoms with E-state index >= 15 is 0 Å². The number of H-pyrrole nitrogens is 2. The Morgan fingerprint density at radius 1 is 0.606 bits per heavy atom. The summed E-state index contributed by atoms with van der Waals surface area (Å²) in [5, 5.41) is 0. The van der Waals surface area contributed by atoms with Crippen LogP contribution in [0.2, 0.25) is 0 Å². The molecule has 0 saturated heterocycles. The molecule has 6 nitrogen and oxygen atoms in total. The molecule has 0 amide bonds. The number of unbranched alkanes of at least 4 members (excludes halogenated alkanes) is 5. The number of aromatic amines is 2. The number of aryl methyl sites for hydroxylation is 4. The number of hydrogen-bond donors (Lipinski definition) is 4. The Kier molecular flexibility index (Phi) is 15.0. The van der Waals surface area contributed by atoms with E-state index in [0.29, 0.717) is 0 Å². The van der Waals surface area contributed by atoms with Crippen molar-refractivity contribution in [3.05, 3.63) is 34.4 Å². The summed E-state index contributed by atoms with van der Waals surface area (Å²) in [6.45, 7) is 12.9. The van der Waals surface area contributed by atoms with Gasteiger partial charge >= 0.3 is 0 Å². The lowest BCUT2D eigenvalue weighted by molar-refractivity contribution is 0.617. The lowest BCUT2D eigenvalue weighted by Gasteiger charge is -2.07. The van der Waals surface area contributed by atoms with Crippen molar-refractivity contribution in [3.63, 3.8) is 0 Å². The molecule has 0 aromatic carbocycles. The van der Waals surface area contributed by atoms with Crippen molar-refractivity contribution < 1.29 is 0 Å². The summed E-state index contributed by atoms with van der Waals surface area (Å²) < 4.78 is 0. The Balaban J connectivity index is 0.000000331. The van der Waals surface area contributed by atoms with Gasteiger partial charge in [-0.25, -0.2) is 9.97 Å². The fourth-order valence-corrected chi connectivity index (χ4v) is 4.19. The third-order valence-corrected chi connectivity index (χ3v) is 6.13. The van der Waals surface area contributed by atoms with E-state index in [9.17, 15) is 0 Å². The molecule has 2 aromatic heterocycles. The number of nitrogens with two attached hydrogens (primary N) is 2. The zero-order valence-corrected chi connectivity index (χ0v) is 22.4. The average molecular weight is 461 g/mol. The highest BCUT2D eigenvalue weighted by atomic mass is 15.0. The number of nitrogens with zero attached hydrogens (tertiary/aromatic N) is 2. The Bertz CT molecular complexity index is 748. The second-order valence-corrected chi connectivity index (χ2v) is 9.45. The van der Waals surface area contributed by atoms with Gasteiger partial charge in [0.25, 0.3) is 0 Å². The Morgan fingerprint density at radius 3 is 1.39 bits per heavy atom. The molecule has 2 atom stereocenters. The van der Waals surface area contributed by atoms with Crippen LogP contribution < -0.4 is 11.5 Å². The van der Waals surface area contributed by atoms with Gasteiger partial charge in [-0.15, -0.1) is 0 Å². The zero-order chi connectivity index (χ0) is 24.6. The Labute approximate surface area is 203 Å². The smallest absolute Gasteiger partial charge is 0.106 e. The topological polar surface area (TPSA) is 109 Å². The van der Waals surface area contributed by atoms with Crippen LogP contribution in [0.3, 0.4) is 0 Å². The summed E-state index contributed by atoms with van der Waals surface area (Å²) in [7, 11) is 0. The highest BCUT2D eigenvalue weighted by molar-refractivity contribution is 5.17. The third kappa shape index (κ3) is 10.9.